The van der Waals surface area contributed by atoms with Gasteiger partial charge < -0.3 is 4.74 Å². The monoisotopic (exact) mass is 298 g/mol. The third-order valence-corrected chi connectivity index (χ3v) is 2.54. The summed E-state index contributed by atoms with van der Waals surface area (Å²) in [5.74, 6) is 1.73. The van der Waals surface area contributed by atoms with E-state index in [2.05, 4.69) is 25.9 Å². The van der Waals surface area contributed by atoms with Crippen molar-refractivity contribution in [2.45, 2.75) is 6.92 Å². The van der Waals surface area contributed by atoms with E-state index >= 15 is 0 Å². The van der Waals surface area contributed by atoms with Crippen LogP contribution in [0.4, 0.5) is 0 Å². The van der Waals surface area contributed by atoms with Crippen molar-refractivity contribution in [2.75, 3.05) is 0 Å². The quantitative estimate of drug-likeness (QED) is 0.786. The fraction of sp³-hybridized carbons (Fsp3) is 0.0909. The standard InChI is InChI=1S/C11H8BrClN2O/c1-7-14-10(13)6-11(15-7)16-9-4-2-8(12)3-5-9/h2-6H,1H3. The summed E-state index contributed by atoms with van der Waals surface area (Å²) in [5, 5.41) is 0.375. The third kappa shape index (κ3) is 2.93. The predicted molar refractivity (Wildman–Crippen MR) is 66.0 cm³/mol. The Balaban J connectivity index is 2.23. The highest BCUT2D eigenvalue weighted by Gasteiger charge is 2.02. The van der Waals surface area contributed by atoms with E-state index in [-0.39, 0.29) is 0 Å². The first-order chi connectivity index (χ1) is 7.63. The van der Waals surface area contributed by atoms with Gasteiger partial charge in [-0.1, -0.05) is 27.5 Å². The fourth-order valence-corrected chi connectivity index (χ4v) is 1.66. The van der Waals surface area contributed by atoms with Crippen molar-refractivity contribution in [3.63, 3.8) is 0 Å². The predicted octanol–water partition coefficient (Wildman–Crippen LogP) is 3.99. The fourth-order valence-electron chi connectivity index (χ4n) is 1.18. The molecule has 5 heteroatoms. The molecule has 0 bridgehead atoms. The van der Waals surface area contributed by atoms with Crippen LogP contribution >= 0.6 is 27.5 Å². The molecule has 0 saturated heterocycles. The van der Waals surface area contributed by atoms with Crippen molar-refractivity contribution in [2.24, 2.45) is 0 Å². The van der Waals surface area contributed by atoms with Crippen LogP contribution in [0, 0.1) is 6.92 Å². The number of ether oxygens (including phenoxy) is 1. The average molecular weight is 300 g/mol. The van der Waals surface area contributed by atoms with Gasteiger partial charge in [-0.2, -0.15) is 4.98 Å². The Labute approximate surface area is 107 Å². The van der Waals surface area contributed by atoms with Crippen molar-refractivity contribution in [1.82, 2.24) is 9.97 Å². The van der Waals surface area contributed by atoms with Crippen molar-refractivity contribution in [3.05, 3.63) is 45.8 Å². The molecule has 0 aliphatic rings. The molecular weight excluding hydrogens is 291 g/mol. The number of hydrogen-bond acceptors (Lipinski definition) is 3. The summed E-state index contributed by atoms with van der Waals surface area (Å²) >= 11 is 9.15. The molecule has 2 aromatic rings. The Morgan fingerprint density at radius 3 is 2.50 bits per heavy atom. The van der Waals surface area contributed by atoms with Gasteiger partial charge in [0.1, 0.15) is 16.7 Å². The molecule has 0 radical (unpaired) electrons. The second kappa shape index (κ2) is 4.80. The lowest BCUT2D eigenvalue weighted by Gasteiger charge is -2.05. The Morgan fingerprint density at radius 1 is 1.19 bits per heavy atom. The van der Waals surface area contributed by atoms with Gasteiger partial charge in [-0.15, -0.1) is 0 Å². The molecule has 2 rings (SSSR count). The molecule has 0 spiro atoms. The summed E-state index contributed by atoms with van der Waals surface area (Å²) in [6, 6.07) is 9.05. The van der Waals surface area contributed by atoms with Gasteiger partial charge in [0.25, 0.3) is 0 Å². The Morgan fingerprint density at radius 2 is 1.88 bits per heavy atom. The van der Waals surface area contributed by atoms with Crippen molar-refractivity contribution in [1.29, 1.82) is 0 Å². The molecule has 3 nitrogen and oxygen atoms in total. The van der Waals surface area contributed by atoms with E-state index in [0.717, 1.165) is 4.47 Å². The van der Waals surface area contributed by atoms with Crippen LogP contribution in [-0.4, -0.2) is 9.97 Å². The van der Waals surface area contributed by atoms with Gasteiger partial charge in [-0.25, -0.2) is 4.98 Å². The molecule has 0 aliphatic carbocycles. The van der Waals surface area contributed by atoms with Crippen molar-refractivity contribution >= 4 is 27.5 Å². The van der Waals surface area contributed by atoms with Crippen LogP contribution in [0.1, 0.15) is 5.82 Å². The van der Waals surface area contributed by atoms with E-state index in [9.17, 15) is 0 Å². The van der Waals surface area contributed by atoms with Crippen molar-refractivity contribution in [3.8, 4) is 11.6 Å². The zero-order valence-corrected chi connectivity index (χ0v) is 10.8. The number of hydrogen-bond donors (Lipinski definition) is 0. The first-order valence-corrected chi connectivity index (χ1v) is 5.75. The van der Waals surface area contributed by atoms with Gasteiger partial charge in [0.2, 0.25) is 5.88 Å². The third-order valence-electron chi connectivity index (χ3n) is 1.82. The van der Waals surface area contributed by atoms with Gasteiger partial charge in [0.05, 0.1) is 0 Å². The second-order valence-electron chi connectivity index (χ2n) is 3.13. The number of nitrogens with zero attached hydrogens (tertiary/aromatic N) is 2. The van der Waals surface area contributed by atoms with Crippen LogP contribution in [0.5, 0.6) is 11.6 Å². The molecule has 0 fully saturated rings. The SMILES string of the molecule is Cc1nc(Cl)cc(Oc2ccc(Br)cc2)n1. The van der Waals surface area contributed by atoms with Crippen LogP contribution < -0.4 is 4.74 Å². The maximum absolute atomic E-state index is 5.80. The minimum absolute atomic E-state index is 0.375. The van der Waals surface area contributed by atoms with Crippen LogP contribution in [0.15, 0.2) is 34.8 Å². The van der Waals surface area contributed by atoms with E-state index in [1.165, 1.54) is 0 Å². The van der Waals surface area contributed by atoms with Crippen molar-refractivity contribution < 1.29 is 4.74 Å². The molecule has 0 amide bonds. The molecule has 1 heterocycles. The summed E-state index contributed by atoms with van der Waals surface area (Å²) in [6.07, 6.45) is 0. The van der Waals surface area contributed by atoms with Crippen LogP contribution in [-0.2, 0) is 0 Å². The molecule has 82 valence electrons. The smallest absolute Gasteiger partial charge is 0.224 e. The first-order valence-electron chi connectivity index (χ1n) is 4.58. The Kier molecular flexibility index (Phi) is 3.41. The summed E-state index contributed by atoms with van der Waals surface area (Å²) in [7, 11) is 0. The number of benzene rings is 1. The van der Waals surface area contributed by atoms with E-state index in [1.54, 1.807) is 13.0 Å². The maximum atomic E-state index is 5.80. The lowest BCUT2D eigenvalue weighted by atomic mass is 10.3. The summed E-state index contributed by atoms with van der Waals surface area (Å²) in [5.41, 5.74) is 0. The minimum atomic E-state index is 0.375. The number of rotatable bonds is 2. The maximum Gasteiger partial charge on any atom is 0.224 e. The Hall–Kier alpha value is -1.13. The normalized spacial score (nSPS) is 10.2. The van der Waals surface area contributed by atoms with E-state index in [4.69, 9.17) is 16.3 Å². The van der Waals surface area contributed by atoms with E-state index in [1.807, 2.05) is 24.3 Å². The van der Waals surface area contributed by atoms with Gasteiger partial charge in [0, 0.05) is 10.5 Å². The Bertz CT molecular complexity index is 482. The first kappa shape index (κ1) is 11.4. The minimum Gasteiger partial charge on any atom is -0.439 e. The summed E-state index contributed by atoms with van der Waals surface area (Å²) < 4.78 is 6.54. The van der Waals surface area contributed by atoms with E-state index in [0.29, 0.717) is 22.6 Å². The van der Waals surface area contributed by atoms with E-state index < -0.39 is 0 Å². The summed E-state index contributed by atoms with van der Waals surface area (Å²) in [4.78, 5) is 8.08. The molecule has 0 N–H and O–H groups in total. The lowest BCUT2D eigenvalue weighted by molar-refractivity contribution is 0.460. The molecule has 16 heavy (non-hydrogen) atoms. The molecule has 1 aromatic heterocycles. The topological polar surface area (TPSA) is 35.0 Å². The second-order valence-corrected chi connectivity index (χ2v) is 4.44. The van der Waals surface area contributed by atoms with Gasteiger partial charge in [-0.3, -0.25) is 0 Å². The highest BCUT2D eigenvalue weighted by Crippen LogP contribution is 2.23. The molecule has 0 saturated carbocycles. The number of aromatic nitrogens is 2. The van der Waals surface area contributed by atoms with Gasteiger partial charge in [0.15, 0.2) is 0 Å². The summed E-state index contributed by atoms with van der Waals surface area (Å²) in [6.45, 7) is 1.76. The van der Waals surface area contributed by atoms with Gasteiger partial charge >= 0.3 is 0 Å². The molecule has 0 atom stereocenters. The number of halogens is 2. The van der Waals surface area contributed by atoms with Crippen LogP contribution in [0.2, 0.25) is 5.15 Å². The lowest BCUT2D eigenvalue weighted by Crippen LogP contribution is -1.92. The highest BCUT2D eigenvalue weighted by molar-refractivity contribution is 9.10. The zero-order valence-electron chi connectivity index (χ0n) is 8.45. The molecule has 1 aromatic carbocycles. The zero-order chi connectivity index (χ0) is 11.5. The number of aryl methyl sites for hydroxylation is 1. The van der Waals surface area contributed by atoms with Gasteiger partial charge in [-0.05, 0) is 31.2 Å². The highest BCUT2D eigenvalue weighted by atomic mass is 79.9. The van der Waals surface area contributed by atoms with Crippen LogP contribution in [0.25, 0.3) is 0 Å². The molecule has 0 unspecified atom stereocenters. The largest absolute Gasteiger partial charge is 0.439 e. The van der Waals surface area contributed by atoms with Crippen LogP contribution in [0.3, 0.4) is 0 Å². The molecular formula is C11H8BrClN2O. The molecule has 0 aliphatic heterocycles. The average Bonchev–Trinajstić information content (AvgIpc) is 2.20.